The molecule has 0 aliphatic carbocycles. The van der Waals surface area contributed by atoms with Crippen LogP contribution in [0.15, 0.2) is 6.20 Å². The molecule has 1 aromatic heterocycles. The lowest BCUT2D eigenvalue weighted by Gasteiger charge is -2.16. The first-order valence-electron chi connectivity index (χ1n) is 6.02. The summed E-state index contributed by atoms with van der Waals surface area (Å²) in [5.41, 5.74) is 3.26. The number of hydrogen-bond donors (Lipinski definition) is 3. The van der Waals surface area contributed by atoms with Crippen molar-refractivity contribution in [3.8, 4) is 0 Å². The van der Waals surface area contributed by atoms with E-state index < -0.39 is 0 Å². The van der Waals surface area contributed by atoms with Gasteiger partial charge in [0.25, 0.3) is 0 Å². The fourth-order valence-corrected chi connectivity index (χ4v) is 1.93. The highest BCUT2D eigenvalue weighted by Gasteiger charge is 2.17. The Labute approximate surface area is 106 Å². The number of amides is 1. The molecular formula is C11H18N6O. The van der Waals surface area contributed by atoms with E-state index in [4.69, 9.17) is 5.84 Å². The molecule has 7 nitrogen and oxygen atoms in total. The van der Waals surface area contributed by atoms with Crippen LogP contribution in [0.5, 0.6) is 0 Å². The lowest BCUT2D eigenvalue weighted by atomic mass is 10.3. The Morgan fingerprint density at radius 3 is 2.89 bits per heavy atom. The van der Waals surface area contributed by atoms with Gasteiger partial charge in [-0.25, -0.2) is 10.8 Å². The summed E-state index contributed by atoms with van der Waals surface area (Å²) >= 11 is 0. The Bertz CT molecular complexity index is 430. The number of hydrazine groups is 1. The summed E-state index contributed by atoms with van der Waals surface area (Å²) in [6.45, 7) is 3.85. The van der Waals surface area contributed by atoms with Crippen molar-refractivity contribution in [3.05, 3.63) is 11.8 Å². The number of nitrogens with two attached hydrogens (primary N) is 1. The molecule has 0 saturated carbocycles. The number of carbonyl (C=O) groups is 1. The average Bonchev–Trinajstić information content (AvgIpc) is 2.91. The van der Waals surface area contributed by atoms with Gasteiger partial charge in [0.15, 0.2) is 0 Å². The summed E-state index contributed by atoms with van der Waals surface area (Å²) in [7, 11) is 0. The first-order valence-corrected chi connectivity index (χ1v) is 6.02. The Morgan fingerprint density at radius 2 is 2.22 bits per heavy atom. The fourth-order valence-electron chi connectivity index (χ4n) is 1.93. The number of anilines is 2. The number of nitrogen functional groups attached to an aromatic ring is 1. The van der Waals surface area contributed by atoms with Crippen molar-refractivity contribution in [3.63, 3.8) is 0 Å². The molecule has 0 radical (unpaired) electrons. The summed E-state index contributed by atoms with van der Waals surface area (Å²) < 4.78 is 0. The second-order valence-electron chi connectivity index (χ2n) is 4.31. The molecule has 0 unspecified atom stereocenters. The maximum atomic E-state index is 11.9. The number of nitrogens with one attached hydrogen (secondary N) is 2. The van der Waals surface area contributed by atoms with Crippen molar-refractivity contribution in [2.24, 2.45) is 5.84 Å². The van der Waals surface area contributed by atoms with Crippen LogP contribution in [0.25, 0.3) is 0 Å². The Hall–Kier alpha value is -1.89. The van der Waals surface area contributed by atoms with Gasteiger partial charge < -0.3 is 10.2 Å². The topological polar surface area (TPSA) is 96.2 Å². The van der Waals surface area contributed by atoms with Crippen LogP contribution in [0.3, 0.4) is 0 Å². The third-order valence-corrected chi connectivity index (χ3v) is 2.97. The van der Waals surface area contributed by atoms with Gasteiger partial charge in [0.05, 0.1) is 6.54 Å². The van der Waals surface area contributed by atoms with Gasteiger partial charge >= 0.3 is 0 Å². The van der Waals surface area contributed by atoms with E-state index in [9.17, 15) is 4.79 Å². The normalized spacial score (nSPS) is 14.7. The molecule has 1 aromatic rings. The Kier molecular flexibility index (Phi) is 3.93. The van der Waals surface area contributed by atoms with Crippen LogP contribution in [-0.4, -0.2) is 40.4 Å². The zero-order valence-corrected chi connectivity index (χ0v) is 10.4. The van der Waals surface area contributed by atoms with Gasteiger partial charge in [-0.15, -0.1) is 0 Å². The summed E-state index contributed by atoms with van der Waals surface area (Å²) in [5.74, 6) is 6.31. The summed E-state index contributed by atoms with van der Waals surface area (Å²) in [5, 5.41) is 3.03. The molecule has 2 rings (SSSR count). The molecule has 1 aliphatic rings. The van der Waals surface area contributed by atoms with E-state index in [2.05, 4.69) is 20.7 Å². The summed E-state index contributed by atoms with van der Waals surface area (Å²) in [4.78, 5) is 21.9. The second-order valence-corrected chi connectivity index (χ2v) is 4.31. The van der Waals surface area contributed by atoms with Crippen LogP contribution in [0.1, 0.15) is 18.4 Å². The molecule has 1 amide bonds. The molecule has 1 saturated heterocycles. The first kappa shape index (κ1) is 12.6. The number of nitrogens with zero attached hydrogens (tertiary/aromatic N) is 3. The number of aryl methyl sites for hydroxylation is 1. The van der Waals surface area contributed by atoms with E-state index in [1.165, 1.54) is 0 Å². The average molecular weight is 250 g/mol. The SMILES string of the molecule is Cc1cnc(NN)nc1NCC(=O)N1CCCC1. The van der Waals surface area contributed by atoms with Crippen LogP contribution in [-0.2, 0) is 4.79 Å². The fraction of sp³-hybridized carbons (Fsp3) is 0.545. The molecular weight excluding hydrogens is 232 g/mol. The maximum Gasteiger partial charge on any atom is 0.241 e. The number of likely N-dealkylation sites (tertiary alicyclic amines) is 1. The molecule has 0 spiro atoms. The van der Waals surface area contributed by atoms with E-state index in [1.54, 1.807) is 6.20 Å². The van der Waals surface area contributed by atoms with E-state index in [0.717, 1.165) is 31.5 Å². The smallest absolute Gasteiger partial charge is 0.241 e. The number of carbonyl (C=O) groups excluding carboxylic acids is 1. The molecule has 0 atom stereocenters. The molecule has 1 aliphatic heterocycles. The highest BCUT2D eigenvalue weighted by Crippen LogP contribution is 2.12. The largest absolute Gasteiger partial charge is 0.361 e. The summed E-state index contributed by atoms with van der Waals surface area (Å²) in [6, 6.07) is 0. The standard InChI is InChI=1S/C11H18N6O/c1-8-6-14-11(16-12)15-10(8)13-7-9(18)17-4-2-3-5-17/h6H,2-5,7,12H2,1H3,(H2,13,14,15,16). The van der Waals surface area contributed by atoms with Gasteiger partial charge in [-0.2, -0.15) is 4.98 Å². The van der Waals surface area contributed by atoms with Crippen molar-refractivity contribution < 1.29 is 4.79 Å². The Morgan fingerprint density at radius 1 is 1.50 bits per heavy atom. The van der Waals surface area contributed by atoms with Crippen molar-refractivity contribution in [2.45, 2.75) is 19.8 Å². The minimum atomic E-state index is 0.104. The lowest BCUT2D eigenvalue weighted by Crippen LogP contribution is -2.33. The highest BCUT2D eigenvalue weighted by molar-refractivity contribution is 5.81. The highest BCUT2D eigenvalue weighted by atomic mass is 16.2. The third kappa shape index (κ3) is 2.86. The van der Waals surface area contributed by atoms with Gasteiger partial charge in [0, 0.05) is 24.8 Å². The molecule has 98 valence electrons. The second kappa shape index (κ2) is 5.63. The van der Waals surface area contributed by atoms with Gasteiger partial charge in [0.1, 0.15) is 5.82 Å². The quantitative estimate of drug-likeness (QED) is 0.518. The van der Waals surface area contributed by atoms with Crippen molar-refractivity contribution in [2.75, 3.05) is 30.4 Å². The molecule has 0 aromatic carbocycles. The monoisotopic (exact) mass is 250 g/mol. The van der Waals surface area contributed by atoms with Crippen LogP contribution >= 0.6 is 0 Å². The predicted molar refractivity (Wildman–Crippen MR) is 68.9 cm³/mol. The predicted octanol–water partition coefficient (Wildman–Crippen LogP) is 0.105. The number of hydrogen-bond acceptors (Lipinski definition) is 6. The van der Waals surface area contributed by atoms with Crippen molar-refractivity contribution >= 4 is 17.7 Å². The van der Waals surface area contributed by atoms with Crippen LogP contribution in [0, 0.1) is 6.92 Å². The number of aromatic nitrogens is 2. The zero-order valence-electron chi connectivity index (χ0n) is 10.4. The van der Waals surface area contributed by atoms with E-state index in [0.29, 0.717) is 11.8 Å². The molecule has 0 bridgehead atoms. The van der Waals surface area contributed by atoms with Gasteiger partial charge in [0.2, 0.25) is 11.9 Å². The van der Waals surface area contributed by atoms with Gasteiger partial charge in [-0.05, 0) is 19.8 Å². The molecule has 2 heterocycles. The van der Waals surface area contributed by atoms with Gasteiger partial charge in [-0.3, -0.25) is 10.2 Å². The van der Waals surface area contributed by atoms with Crippen LogP contribution in [0.4, 0.5) is 11.8 Å². The maximum absolute atomic E-state index is 11.9. The minimum Gasteiger partial charge on any atom is -0.361 e. The van der Waals surface area contributed by atoms with E-state index in [1.807, 2.05) is 11.8 Å². The van der Waals surface area contributed by atoms with E-state index in [-0.39, 0.29) is 12.5 Å². The van der Waals surface area contributed by atoms with Crippen LogP contribution < -0.4 is 16.6 Å². The Balaban J connectivity index is 1.94. The van der Waals surface area contributed by atoms with Crippen molar-refractivity contribution in [1.82, 2.24) is 14.9 Å². The third-order valence-electron chi connectivity index (χ3n) is 2.97. The molecule has 4 N–H and O–H groups in total. The first-order chi connectivity index (χ1) is 8.70. The molecule has 18 heavy (non-hydrogen) atoms. The molecule has 1 fully saturated rings. The van der Waals surface area contributed by atoms with Crippen molar-refractivity contribution in [1.29, 1.82) is 0 Å². The number of rotatable bonds is 4. The van der Waals surface area contributed by atoms with Gasteiger partial charge in [-0.1, -0.05) is 0 Å². The zero-order chi connectivity index (χ0) is 13.0. The summed E-state index contributed by atoms with van der Waals surface area (Å²) in [6.07, 6.45) is 3.85. The van der Waals surface area contributed by atoms with Crippen LogP contribution in [0.2, 0.25) is 0 Å². The minimum absolute atomic E-state index is 0.104. The van der Waals surface area contributed by atoms with E-state index >= 15 is 0 Å². The lowest BCUT2D eigenvalue weighted by molar-refractivity contribution is -0.128. The molecule has 7 heteroatoms.